The predicted octanol–water partition coefficient (Wildman–Crippen LogP) is 3.24. The molecule has 0 spiro atoms. The van der Waals surface area contributed by atoms with E-state index in [9.17, 15) is 14.7 Å². The van der Waals surface area contributed by atoms with Crippen LogP contribution in [0.3, 0.4) is 0 Å². The number of benzene rings is 2. The molecule has 0 radical (unpaired) electrons. The molecule has 0 aliphatic carbocycles. The molecule has 5 heteroatoms. The lowest BCUT2D eigenvalue weighted by atomic mass is 9.97. The van der Waals surface area contributed by atoms with Gasteiger partial charge < -0.3 is 14.7 Å². The number of ether oxygens (including phenoxy) is 1. The summed E-state index contributed by atoms with van der Waals surface area (Å²) in [6.07, 6.45) is 2.09. The lowest BCUT2D eigenvalue weighted by Gasteiger charge is -2.31. The number of rotatable bonds is 6. The second-order valence-electron chi connectivity index (χ2n) is 6.51. The van der Waals surface area contributed by atoms with Crippen molar-refractivity contribution in [3.63, 3.8) is 0 Å². The number of para-hydroxylation sites is 1. The van der Waals surface area contributed by atoms with Crippen molar-refractivity contribution < 1.29 is 19.4 Å². The van der Waals surface area contributed by atoms with Gasteiger partial charge in [-0.25, -0.2) is 0 Å². The standard InChI is InChI=1S/C21H23NO4/c23-20(22-13-6-9-17(15-22)21(24)25)18-10-4-5-11-19(18)26-14-12-16-7-2-1-3-8-16/h1-5,7-8,10-11,17H,6,9,12-15H2,(H,24,25). The van der Waals surface area contributed by atoms with Crippen LogP contribution in [0, 0.1) is 5.92 Å². The van der Waals surface area contributed by atoms with Gasteiger partial charge in [-0.3, -0.25) is 9.59 Å². The van der Waals surface area contributed by atoms with Crippen LogP contribution in [-0.2, 0) is 11.2 Å². The summed E-state index contributed by atoms with van der Waals surface area (Å²) in [4.78, 5) is 25.7. The third-order valence-electron chi connectivity index (χ3n) is 4.67. The second kappa shape index (κ2) is 8.52. The molecule has 0 aromatic heterocycles. The highest BCUT2D eigenvalue weighted by atomic mass is 16.5. The fourth-order valence-corrected chi connectivity index (χ4v) is 3.23. The third kappa shape index (κ3) is 4.42. The third-order valence-corrected chi connectivity index (χ3v) is 4.67. The molecule has 2 aromatic rings. The highest BCUT2D eigenvalue weighted by Gasteiger charge is 2.29. The summed E-state index contributed by atoms with van der Waals surface area (Å²) in [5, 5.41) is 9.22. The van der Waals surface area contributed by atoms with Gasteiger partial charge in [-0.05, 0) is 30.5 Å². The maximum absolute atomic E-state index is 12.9. The molecule has 1 fully saturated rings. The fraction of sp³-hybridized carbons (Fsp3) is 0.333. The van der Waals surface area contributed by atoms with Crippen molar-refractivity contribution in [2.75, 3.05) is 19.7 Å². The predicted molar refractivity (Wildman–Crippen MR) is 98.3 cm³/mol. The first-order valence-corrected chi connectivity index (χ1v) is 8.93. The first kappa shape index (κ1) is 18.0. The van der Waals surface area contributed by atoms with Crippen LogP contribution in [0.15, 0.2) is 54.6 Å². The van der Waals surface area contributed by atoms with Gasteiger partial charge in [0.05, 0.1) is 18.1 Å². The van der Waals surface area contributed by atoms with Crippen LogP contribution in [0.4, 0.5) is 0 Å². The summed E-state index contributed by atoms with van der Waals surface area (Å²) in [6, 6.07) is 17.2. The van der Waals surface area contributed by atoms with Gasteiger partial charge in [-0.2, -0.15) is 0 Å². The van der Waals surface area contributed by atoms with Gasteiger partial charge in [0, 0.05) is 19.5 Å². The van der Waals surface area contributed by atoms with Crippen LogP contribution in [0.5, 0.6) is 5.75 Å². The number of carboxylic acid groups (broad SMARTS) is 1. The molecule has 1 amide bonds. The normalized spacial score (nSPS) is 16.9. The molecule has 1 aliphatic heterocycles. The van der Waals surface area contributed by atoms with Gasteiger partial charge in [0.1, 0.15) is 5.75 Å². The molecule has 1 unspecified atom stereocenters. The average Bonchev–Trinajstić information content (AvgIpc) is 2.69. The van der Waals surface area contributed by atoms with E-state index < -0.39 is 11.9 Å². The van der Waals surface area contributed by atoms with Gasteiger partial charge >= 0.3 is 5.97 Å². The van der Waals surface area contributed by atoms with Crippen molar-refractivity contribution in [1.82, 2.24) is 4.90 Å². The summed E-state index contributed by atoms with van der Waals surface area (Å²) in [5.41, 5.74) is 1.67. The van der Waals surface area contributed by atoms with Crippen LogP contribution in [0.25, 0.3) is 0 Å². The van der Waals surface area contributed by atoms with E-state index in [-0.39, 0.29) is 12.5 Å². The van der Waals surface area contributed by atoms with Crippen LogP contribution in [-0.4, -0.2) is 41.6 Å². The zero-order valence-corrected chi connectivity index (χ0v) is 14.6. The molecule has 0 bridgehead atoms. The van der Waals surface area contributed by atoms with Crippen LogP contribution in [0.2, 0.25) is 0 Å². The molecule has 1 aliphatic rings. The molecule has 3 rings (SSSR count). The fourth-order valence-electron chi connectivity index (χ4n) is 3.23. The smallest absolute Gasteiger partial charge is 0.308 e. The van der Waals surface area contributed by atoms with Crippen molar-refractivity contribution in [2.24, 2.45) is 5.92 Å². The molecule has 136 valence electrons. The molecule has 1 heterocycles. The first-order valence-electron chi connectivity index (χ1n) is 8.93. The molecule has 0 saturated carbocycles. The first-order chi connectivity index (χ1) is 12.6. The Morgan fingerprint density at radius 2 is 1.81 bits per heavy atom. The second-order valence-corrected chi connectivity index (χ2v) is 6.51. The van der Waals surface area contributed by atoms with Gasteiger partial charge in [0.25, 0.3) is 5.91 Å². The lowest BCUT2D eigenvalue weighted by Crippen LogP contribution is -2.42. The molecule has 1 N–H and O–H groups in total. The van der Waals surface area contributed by atoms with Crippen LogP contribution < -0.4 is 4.74 Å². The number of carboxylic acids is 1. The number of carbonyl (C=O) groups excluding carboxylic acids is 1. The highest BCUT2D eigenvalue weighted by Crippen LogP contribution is 2.24. The monoisotopic (exact) mass is 353 g/mol. The number of nitrogens with zero attached hydrogens (tertiary/aromatic N) is 1. The zero-order valence-electron chi connectivity index (χ0n) is 14.6. The Hall–Kier alpha value is -2.82. The Balaban J connectivity index is 1.66. The molecule has 1 saturated heterocycles. The Bertz CT molecular complexity index is 760. The van der Waals surface area contributed by atoms with E-state index in [1.54, 1.807) is 23.1 Å². The highest BCUT2D eigenvalue weighted by molar-refractivity contribution is 5.97. The summed E-state index contributed by atoms with van der Waals surface area (Å²) < 4.78 is 5.86. The zero-order chi connectivity index (χ0) is 18.4. The Morgan fingerprint density at radius 3 is 2.58 bits per heavy atom. The van der Waals surface area contributed by atoms with Gasteiger partial charge in [-0.15, -0.1) is 0 Å². The van der Waals surface area contributed by atoms with E-state index in [1.807, 2.05) is 36.4 Å². The van der Waals surface area contributed by atoms with E-state index in [1.165, 1.54) is 5.56 Å². The van der Waals surface area contributed by atoms with Crippen molar-refractivity contribution >= 4 is 11.9 Å². The average molecular weight is 353 g/mol. The number of amides is 1. The number of likely N-dealkylation sites (tertiary alicyclic amines) is 1. The molecule has 5 nitrogen and oxygen atoms in total. The van der Waals surface area contributed by atoms with E-state index in [0.717, 1.165) is 6.42 Å². The molecule has 26 heavy (non-hydrogen) atoms. The minimum Gasteiger partial charge on any atom is -0.492 e. The van der Waals surface area contributed by atoms with Crippen molar-refractivity contribution in [3.8, 4) is 5.75 Å². The molecule has 2 aromatic carbocycles. The van der Waals surface area contributed by atoms with Crippen molar-refractivity contribution in [3.05, 3.63) is 65.7 Å². The topological polar surface area (TPSA) is 66.8 Å². The quantitative estimate of drug-likeness (QED) is 0.866. The molecule has 1 atom stereocenters. The van der Waals surface area contributed by atoms with Crippen LogP contribution in [0.1, 0.15) is 28.8 Å². The van der Waals surface area contributed by atoms with Gasteiger partial charge in [0.2, 0.25) is 0 Å². The Labute approximate surface area is 153 Å². The summed E-state index contributed by atoms with van der Waals surface area (Å²) >= 11 is 0. The minimum atomic E-state index is -0.838. The van der Waals surface area contributed by atoms with Gasteiger partial charge in [-0.1, -0.05) is 42.5 Å². The summed E-state index contributed by atoms with van der Waals surface area (Å²) in [6.45, 7) is 1.32. The SMILES string of the molecule is O=C(O)C1CCCN(C(=O)c2ccccc2OCCc2ccccc2)C1. The minimum absolute atomic E-state index is 0.161. The van der Waals surface area contributed by atoms with Crippen molar-refractivity contribution in [2.45, 2.75) is 19.3 Å². The van der Waals surface area contributed by atoms with Crippen molar-refractivity contribution in [1.29, 1.82) is 0 Å². The maximum atomic E-state index is 12.9. The number of hydrogen-bond acceptors (Lipinski definition) is 3. The van der Waals surface area contributed by atoms with Gasteiger partial charge in [0.15, 0.2) is 0 Å². The largest absolute Gasteiger partial charge is 0.492 e. The Morgan fingerprint density at radius 1 is 1.08 bits per heavy atom. The molecular formula is C21H23NO4. The number of aliphatic carboxylic acids is 1. The summed E-state index contributed by atoms with van der Waals surface area (Å²) in [7, 11) is 0. The Kier molecular flexibility index (Phi) is 5.89. The lowest BCUT2D eigenvalue weighted by molar-refractivity contribution is -0.143. The van der Waals surface area contributed by atoms with E-state index in [2.05, 4.69) is 0 Å². The van der Waals surface area contributed by atoms with E-state index in [4.69, 9.17) is 4.74 Å². The van der Waals surface area contributed by atoms with Crippen LogP contribution >= 0.6 is 0 Å². The maximum Gasteiger partial charge on any atom is 0.308 e. The van der Waals surface area contributed by atoms with E-state index >= 15 is 0 Å². The number of piperidine rings is 1. The summed E-state index contributed by atoms with van der Waals surface area (Å²) in [5.74, 6) is -0.939. The molecular weight excluding hydrogens is 330 g/mol. The number of hydrogen-bond donors (Lipinski definition) is 1. The number of carbonyl (C=O) groups is 2. The van der Waals surface area contributed by atoms with E-state index in [0.29, 0.717) is 37.3 Å².